The zero-order valence-corrected chi connectivity index (χ0v) is 10.8. The Bertz CT molecular complexity index is 618. The molecule has 2 N–H and O–H groups in total. The van der Waals surface area contributed by atoms with E-state index in [4.69, 9.17) is 5.73 Å². The van der Waals surface area contributed by atoms with Crippen molar-refractivity contribution >= 4 is 39.2 Å². The Morgan fingerprint density at radius 3 is 3.12 bits per heavy atom. The molecule has 0 unspecified atom stereocenters. The van der Waals surface area contributed by atoms with Crippen molar-refractivity contribution in [3.05, 3.63) is 21.8 Å². The first-order valence-electron chi connectivity index (χ1n) is 4.95. The van der Waals surface area contributed by atoms with E-state index >= 15 is 0 Å². The maximum atomic E-state index is 11.9. The molecule has 90 valence electrons. The molecule has 5 nitrogen and oxygen atoms in total. The number of hydrogen-bond donors (Lipinski definition) is 1. The number of primary amides is 1. The van der Waals surface area contributed by atoms with E-state index in [0.717, 1.165) is 4.83 Å². The fourth-order valence-electron chi connectivity index (χ4n) is 1.35. The topological polar surface area (TPSA) is 78.0 Å². The van der Waals surface area contributed by atoms with Gasteiger partial charge in [-0.15, -0.1) is 11.3 Å². The Kier molecular flexibility index (Phi) is 3.49. The number of thioether (sulfide) groups is 1. The number of carbonyl (C=O) groups is 1. The van der Waals surface area contributed by atoms with Gasteiger partial charge in [0.1, 0.15) is 4.83 Å². The van der Waals surface area contributed by atoms with Gasteiger partial charge in [-0.3, -0.25) is 14.2 Å². The molecule has 1 amide bonds. The van der Waals surface area contributed by atoms with Crippen LogP contribution in [0.5, 0.6) is 0 Å². The number of nitrogens with zero attached hydrogens (tertiary/aromatic N) is 2. The van der Waals surface area contributed by atoms with Crippen molar-refractivity contribution in [2.24, 2.45) is 12.8 Å². The first kappa shape index (κ1) is 12.1. The fourth-order valence-corrected chi connectivity index (χ4v) is 3.08. The number of nitrogens with two attached hydrogens (primary N) is 1. The van der Waals surface area contributed by atoms with Crippen LogP contribution < -0.4 is 11.3 Å². The standard InChI is InChI=1S/C10H11N3O2S2/c1-13-9(15)6-2-4-16-8(6)12-10(13)17-5-3-7(11)14/h2,4H,3,5H2,1H3,(H2,11,14). The predicted molar refractivity (Wildman–Crippen MR) is 69.4 cm³/mol. The number of carbonyl (C=O) groups excluding carboxylic acids is 1. The average molecular weight is 269 g/mol. The van der Waals surface area contributed by atoms with Crippen molar-refractivity contribution in [3.63, 3.8) is 0 Å². The molecule has 0 atom stereocenters. The van der Waals surface area contributed by atoms with E-state index in [0.29, 0.717) is 16.3 Å². The summed E-state index contributed by atoms with van der Waals surface area (Å²) < 4.78 is 1.50. The van der Waals surface area contributed by atoms with Crippen molar-refractivity contribution in [1.82, 2.24) is 9.55 Å². The lowest BCUT2D eigenvalue weighted by Gasteiger charge is -2.05. The van der Waals surface area contributed by atoms with E-state index in [1.807, 2.05) is 5.38 Å². The molecule has 0 saturated heterocycles. The first-order valence-corrected chi connectivity index (χ1v) is 6.81. The maximum absolute atomic E-state index is 11.9. The summed E-state index contributed by atoms with van der Waals surface area (Å²) in [6.07, 6.45) is 0.281. The zero-order chi connectivity index (χ0) is 12.4. The van der Waals surface area contributed by atoms with Gasteiger partial charge in [-0.05, 0) is 11.4 Å². The van der Waals surface area contributed by atoms with Gasteiger partial charge in [-0.25, -0.2) is 4.98 Å². The summed E-state index contributed by atoms with van der Waals surface area (Å²) in [6.45, 7) is 0. The summed E-state index contributed by atoms with van der Waals surface area (Å²) in [4.78, 5) is 27.7. The molecule has 2 heterocycles. The molecule has 0 aliphatic rings. The van der Waals surface area contributed by atoms with Crippen LogP contribution in [0.4, 0.5) is 0 Å². The summed E-state index contributed by atoms with van der Waals surface area (Å²) >= 11 is 2.80. The molecule has 0 aliphatic carbocycles. The van der Waals surface area contributed by atoms with Gasteiger partial charge in [0.15, 0.2) is 5.16 Å². The van der Waals surface area contributed by atoms with Gasteiger partial charge < -0.3 is 5.73 Å². The van der Waals surface area contributed by atoms with Crippen LogP contribution in [0.3, 0.4) is 0 Å². The van der Waals surface area contributed by atoms with Gasteiger partial charge in [0.05, 0.1) is 5.39 Å². The van der Waals surface area contributed by atoms with E-state index in [1.165, 1.54) is 27.7 Å². The van der Waals surface area contributed by atoms with Crippen LogP contribution in [0.15, 0.2) is 21.4 Å². The van der Waals surface area contributed by atoms with Crippen molar-refractivity contribution in [2.45, 2.75) is 11.6 Å². The number of aromatic nitrogens is 2. The van der Waals surface area contributed by atoms with Crippen LogP contribution in [-0.4, -0.2) is 21.2 Å². The van der Waals surface area contributed by atoms with Crippen LogP contribution in [0.2, 0.25) is 0 Å². The quantitative estimate of drug-likeness (QED) is 0.662. The molecule has 2 rings (SSSR count). The lowest BCUT2D eigenvalue weighted by Crippen LogP contribution is -2.19. The first-order chi connectivity index (χ1) is 8.09. The number of thiophene rings is 1. The highest BCUT2D eigenvalue weighted by Crippen LogP contribution is 2.20. The number of fused-ring (bicyclic) bond motifs is 1. The van der Waals surface area contributed by atoms with E-state index in [1.54, 1.807) is 13.1 Å². The molecule has 2 aromatic rings. The van der Waals surface area contributed by atoms with E-state index in [-0.39, 0.29) is 17.9 Å². The van der Waals surface area contributed by atoms with Gasteiger partial charge in [0, 0.05) is 19.2 Å². The molecular formula is C10H11N3O2S2. The minimum atomic E-state index is -0.347. The fraction of sp³-hybridized carbons (Fsp3) is 0.300. The monoisotopic (exact) mass is 269 g/mol. The van der Waals surface area contributed by atoms with Crippen molar-refractivity contribution in [1.29, 1.82) is 0 Å². The average Bonchev–Trinajstić information content (AvgIpc) is 2.72. The van der Waals surface area contributed by atoms with Gasteiger partial charge in [0.25, 0.3) is 5.56 Å². The normalized spacial score (nSPS) is 10.9. The Labute approximate surface area is 106 Å². The van der Waals surface area contributed by atoms with Gasteiger partial charge >= 0.3 is 0 Å². The third-order valence-electron chi connectivity index (χ3n) is 2.24. The third kappa shape index (κ3) is 2.50. The van der Waals surface area contributed by atoms with Crippen LogP contribution in [-0.2, 0) is 11.8 Å². The Hall–Kier alpha value is -1.34. The lowest BCUT2D eigenvalue weighted by atomic mass is 10.4. The van der Waals surface area contributed by atoms with Crippen molar-refractivity contribution < 1.29 is 4.79 Å². The highest BCUT2D eigenvalue weighted by atomic mass is 32.2. The van der Waals surface area contributed by atoms with Crippen LogP contribution in [0.25, 0.3) is 10.2 Å². The van der Waals surface area contributed by atoms with Crippen LogP contribution in [0.1, 0.15) is 6.42 Å². The summed E-state index contributed by atoms with van der Waals surface area (Å²) in [5, 5.41) is 3.10. The largest absolute Gasteiger partial charge is 0.370 e. The highest BCUT2D eigenvalue weighted by Gasteiger charge is 2.09. The molecule has 2 aromatic heterocycles. The second-order valence-corrected chi connectivity index (χ2v) is 5.42. The number of hydrogen-bond acceptors (Lipinski definition) is 5. The Morgan fingerprint density at radius 2 is 2.41 bits per heavy atom. The molecular weight excluding hydrogens is 258 g/mol. The maximum Gasteiger partial charge on any atom is 0.262 e. The van der Waals surface area contributed by atoms with E-state index < -0.39 is 0 Å². The van der Waals surface area contributed by atoms with Gasteiger partial charge in [0.2, 0.25) is 5.91 Å². The molecule has 0 aliphatic heterocycles. The molecule has 0 saturated carbocycles. The molecule has 0 bridgehead atoms. The van der Waals surface area contributed by atoms with E-state index in [9.17, 15) is 9.59 Å². The van der Waals surface area contributed by atoms with Crippen LogP contribution >= 0.6 is 23.1 Å². The van der Waals surface area contributed by atoms with Gasteiger partial charge in [-0.1, -0.05) is 11.8 Å². The molecule has 0 radical (unpaired) electrons. The Balaban J connectivity index is 2.31. The summed E-state index contributed by atoms with van der Waals surface area (Å²) in [7, 11) is 1.68. The van der Waals surface area contributed by atoms with Gasteiger partial charge in [-0.2, -0.15) is 0 Å². The molecule has 0 aromatic carbocycles. The summed E-state index contributed by atoms with van der Waals surface area (Å²) in [5.41, 5.74) is 5.00. The zero-order valence-electron chi connectivity index (χ0n) is 9.17. The van der Waals surface area contributed by atoms with Crippen molar-refractivity contribution in [2.75, 3.05) is 5.75 Å². The minimum absolute atomic E-state index is 0.0576. The Morgan fingerprint density at radius 1 is 1.65 bits per heavy atom. The lowest BCUT2D eigenvalue weighted by molar-refractivity contribution is -0.117. The SMILES string of the molecule is Cn1c(SCCC(N)=O)nc2sccc2c1=O. The van der Waals surface area contributed by atoms with Crippen molar-refractivity contribution in [3.8, 4) is 0 Å². The molecule has 0 spiro atoms. The smallest absolute Gasteiger partial charge is 0.262 e. The second-order valence-electron chi connectivity index (χ2n) is 3.46. The summed E-state index contributed by atoms with van der Waals surface area (Å²) in [5.74, 6) is 0.187. The molecule has 0 fully saturated rings. The second kappa shape index (κ2) is 4.89. The molecule has 7 heteroatoms. The van der Waals surface area contributed by atoms with Crippen LogP contribution in [0, 0.1) is 0 Å². The molecule has 17 heavy (non-hydrogen) atoms. The third-order valence-corrected chi connectivity index (χ3v) is 4.08. The summed E-state index contributed by atoms with van der Waals surface area (Å²) in [6, 6.07) is 1.77. The number of amides is 1. The minimum Gasteiger partial charge on any atom is -0.370 e. The predicted octanol–water partition coefficient (Wildman–Crippen LogP) is 0.963. The number of rotatable bonds is 4. The highest BCUT2D eigenvalue weighted by molar-refractivity contribution is 7.99. The van der Waals surface area contributed by atoms with E-state index in [2.05, 4.69) is 4.98 Å².